The number of rotatable bonds is 4. The first kappa shape index (κ1) is 14.4. The summed E-state index contributed by atoms with van der Waals surface area (Å²) >= 11 is 0. The average molecular weight is 295 g/mol. The van der Waals surface area contributed by atoms with Crippen LogP contribution in [0.15, 0.2) is 55.4 Å². The molecule has 0 aliphatic carbocycles. The number of phenols is 1. The number of piperazine rings is 1. The highest BCUT2D eigenvalue weighted by Crippen LogP contribution is 2.26. The van der Waals surface area contributed by atoms with Gasteiger partial charge in [-0.3, -0.25) is 4.98 Å². The van der Waals surface area contributed by atoms with Crippen molar-refractivity contribution in [3.8, 4) is 5.75 Å². The Morgan fingerprint density at radius 3 is 2.27 bits per heavy atom. The van der Waals surface area contributed by atoms with E-state index in [1.807, 2.05) is 24.5 Å². The van der Waals surface area contributed by atoms with Crippen LogP contribution in [0.4, 0.5) is 11.4 Å². The number of nitrogens with zero attached hydrogens (tertiary/aromatic N) is 3. The fourth-order valence-electron chi connectivity index (χ4n) is 2.87. The van der Waals surface area contributed by atoms with Crippen molar-refractivity contribution in [2.75, 3.05) is 36.0 Å². The van der Waals surface area contributed by atoms with Crippen molar-refractivity contribution in [2.24, 2.45) is 0 Å². The van der Waals surface area contributed by atoms with Crippen LogP contribution in [0.1, 0.15) is 5.56 Å². The molecule has 0 amide bonds. The fourth-order valence-corrected chi connectivity index (χ4v) is 2.87. The zero-order chi connectivity index (χ0) is 15.4. The molecule has 4 heteroatoms. The maximum Gasteiger partial charge on any atom is 0.119 e. The Balaban J connectivity index is 1.69. The molecule has 0 atom stereocenters. The molecule has 1 saturated heterocycles. The van der Waals surface area contributed by atoms with Gasteiger partial charge in [-0.15, -0.1) is 6.58 Å². The van der Waals surface area contributed by atoms with E-state index in [0.29, 0.717) is 12.2 Å². The summed E-state index contributed by atoms with van der Waals surface area (Å²) in [5.41, 5.74) is 3.33. The number of pyridine rings is 1. The quantitative estimate of drug-likeness (QED) is 0.881. The smallest absolute Gasteiger partial charge is 0.119 e. The van der Waals surface area contributed by atoms with E-state index in [-0.39, 0.29) is 0 Å². The lowest BCUT2D eigenvalue weighted by Crippen LogP contribution is -2.46. The van der Waals surface area contributed by atoms with Crippen LogP contribution in [0.3, 0.4) is 0 Å². The van der Waals surface area contributed by atoms with Gasteiger partial charge in [0.2, 0.25) is 0 Å². The van der Waals surface area contributed by atoms with E-state index in [9.17, 15) is 5.11 Å². The monoisotopic (exact) mass is 295 g/mol. The zero-order valence-electron chi connectivity index (χ0n) is 12.7. The first-order valence-corrected chi connectivity index (χ1v) is 7.60. The minimum absolute atomic E-state index is 0.346. The van der Waals surface area contributed by atoms with Crippen molar-refractivity contribution in [2.45, 2.75) is 6.42 Å². The molecule has 22 heavy (non-hydrogen) atoms. The van der Waals surface area contributed by atoms with Gasteiger partial charge < -0.3 is 14.9 Å². The molecule has 1 fully saturated rings. The minimum atomic E-state index is 0.346. The van der Waals surface area contributed by atoms with E-state index in [4.69, 9.17) is 0 Å². The molecule has 0 saturated carbocycles. The highest BCUT2D eigenvalue weighted by atomic mass is 16.3. The van der Waals surface area contributed by atoms with Crippen LogP contribution >= 0.6 is 0 Å². The number of hydrogen-bond donors (Lipinski definition) is 1. The molecule has 0 spiro atoms. The van der Waals surface area contributed by atoms with E-state index < -0.39 is 0 Å². The number of allylic oxidation sites excluding steroid dienone is 1. The predicted octanol–water partition coefficient (Wildman–Crippen LogP) is 2.84. The van der Waals surface area contributed by atoms with Gasteiger partial charge in [-0.2, -0.15) is 0 Å². The second kappa shape index (κ2) is 6.52. The third-order valence-electron chi connectivity index (χ3n) is 4.10. The van der Waals surface area contributed by atoms with Crippen LogP contribution in [0.25, 0.3) is 0 Å². The van der Waals surface area contributed by atoms with Gasteiger partial charge >= 0.3 is 0 Å². The third-order valence-corrected chi connectivity index (χ3v) is 4.10. The van der Waals surface area contributed by atoms with Gasteiger partial charge in [-0.1, -0.05) is 6.08 Å². The lowest BCUT2D eigenvalue weighted by molar-refractivity contribution is 0.469. The van der Waals surface area contributed by atoms with Crippen LogP contribution in [-0.2, 0) is 6.42 Å². The van der Waals surface area contributed by atoms with Gasteiger partial charge in [0.15, 0.2) is 0 Å². The Bertz CT molecular complexity index is 634. The van der Waals surface area contributed by atoms with Gasteiger partial charge in [-0.05, 0) is 42.3 Å². The zero-order valence-corrected chi connectivity index (χ0v) is 12.7. The predicted molar refractivity (Wildman–Crippen MR) is 90.7 cm³/mol. The molecule has 2 aromatic rings. The van der Waals surface area contributed by atoms with Crippen molar-refractivity contribution in [1.82, 2.24) is 4.98 Å². The molecule has 0 unspecified atom stereocenters. The van der Waals surface area contributed by atoms with Crippen molar-refractivity contribution < 1.29 is 5.11 Å². The van der Waals surface area contributed by atoms with E-state index in [1.165, 1.54) is 11.4 Å². The van der Waals surface area contributed by atoms with Gasteiger partial charge in [0.05, 0.1) is 0 Å². The average Bonchev–Trinajstić information content (AvgIpc) is 2.58. The molecule has 2 heterocycles. The molecular formula is C18H21N3O. The first-order chi connectivity index (χ1) is 10.8. The van der Waals surface area contributed by atoms with E-state index in [2.05, 4.69) is 39.6 Å². The van der Waals surface area contributed by atoms with Crippen molar-refractivity contribution in [1.29, 1.82) is 0 Å². The Labute approximate surface area is 131 Å². The van der Waals surface area contributed by atoms with E-state index >= 15 is 0 Å². The Morgan fingerprint density at radius 1 is 1.00 bits per heavy atom. The Kier molecular flexibility index (Phi) is 4.28. The largest absolute Gasteiger partial charge is 0.508 e. The number of phenolic OH excluding ortho intramolecular Hbond substituents is 1. The molecule has 1 aliphatic rings. The molecule has 1 aromatic heterocycles. The SMILES string of the molecule is C=CCc1cc(N2CCN(c3ccncc3)CC2)ccc1O. The Morgan fingerprint density at radius 2 is 1.64 bits per heavy atom. The summed E-state index contributed by atoms with van der Waals surface area (Å²) in [6, 6.07) is 9.95. The second-order valence-electron chi connectivity index (χ2n) is 5.49. The van der Waals surface area contributed by atoms with Crippen LogP contribution in [0.5, 0.6) is 5.75 Å². The summed E-state index contributed by atoms with van der Waals surface area (Å²) in [5.74, 6) is 0.346. The Hall–Kier alpha value is -2.49. The summed E-state index contributed by atoms with van der Waals surface area (Å²) in [6.45, 7) is 7.67. The van der Waals surface area contributed by atoms with Crippen molar-refractivity contribution in [3.63, 3.8) is 0 Å². The van der Waals surface area contributed by atoms with Crippen LogP contribution in [0.2, 0.25) is 0 Å². The summed E-state index contributed by atoms with van der Waals surface area (Å²) in [7, 11) is 0. The molecular weight excluding hydrogens is 274 g/mol. The van der Waals surface area contributed by atoms with Crippen LogP contribution < -0.4 is 9.80 Å². The lowest BCUT2D eigenvalue weighted by Gasteiger charge is -2.37. The van der Waals surface area contributed by atoms with Crippen LogP contribution in [-0.4, -0.2) is 36.3 Å². The molecule has 1 aromatic carbocycles. The van der Waals surface area contributed by atoms with E-state index in [1.54, 1.807) is 6.07 Å². The molecule has 3 rings (SSSR count). The number of aromatic nitrogens is 1. The maximum absolute atomic E-state index is 9.87. The van der Waals surface area contributed by atoms with E-state index in [0.717, 1.165) is 31.7 Å². The highest BCUT2D eigenvalue weighted by Gasteiger charge is 2.18. The second-order valence-corrected chi connectivity index (χ2v) is 5.49. The van der Waals surface area contributed by atoms with Gasteiger partial charge in [-0.25, -0.2) is 0 Å². The summed E-state index contributed by atoms with van der Waals surface area (Å²) in [5, 5.41) is 9.87. The highest BCUT2D eigenvalue weighted by molar-refractivity contribution is 5.55. The fraction of sp³-hybridized carbons (Fsp3) is 0.278. The number of aromatic hydroxyl groups is 1. The maximum atomic E-state index is 9.87. The number of anilines is 2. The normalized spacial score (nSPS) is 14.9. The number of hydrogen-bond acceptors (Lipinski definition) is 4. The van der Waals surface area contributed by atoms with Crippen molar-refractivity contribution >= 4 is 11.4 Å². The molecule has 1 N–H and O–H groups in total. The molecule has 114 valence electrons. The summed E-state index contributed by atoms with van der Waals surface area (Å²) in [6.07, 6.45) is 6.18. The molecule has 0 bridgehead atoms. The van der Waals surface area contributed by atoms with Gasteiger partial charge in [0, 0.05) is 49.9 Å². The minimum Gasteiger partial charge on any atom is -0.508 e. The summed E-state index contributed by atoms with van der Waals surface area (Å²) < 4.78 is 0. The topological polar surface area (TPSA) is 39.6 Å². The first-order valence-electron chi connectivity index (χ1n) is 7.60. The van der Waals surface area contributed by atoms with Gasteiger partial charge in [0.1, 0.15) is 5.75 Å². The molecule has 1 aliphatic heterocycles. The molecule has 0 radical (unpaired) electrons. The number of benzene rings is 1. The standard InChI is InChI=1S/C18H21N3O/c1-2-3-15-14-17(4-5-18(15)22)21-12-10-20(11-13-21)16-6-8-19-9-7-16/h2,4-9,14,22H,1,3,10-13H2. The van der Waals surface area contributed by atoms with Crippen LogP contribution in [0, 0.1) is 0 Å². The lowest BCUT2D eigenvalue weighted by atomic mass is 10.1. The molecule has 4 nitrogen and oxygen atoms in total. The van der Waals surface area contributed by atoms with Crippen molar-refractivity contribution in [3.05, 3.63) is 60.9 Å². The third kappa shape index (κ3) is 3.06. The van der Waals surface area contributed by atoms with Gasteiger partial charge in [0.25, 0.3) is 0 Å². The summed E-state index contributed by atoms with van der Waals surface area (Å²) in [4.78, 5) is 8.81.